The molecule has 0 radical (unpaired) electrons. The van der Waals surface area contributed by atoms with Crippen LogP contribution < -0.4 is 10.1 Å². The fraction of sp³-hybridized carbons (Fsp3) is 0.370. The van der Waals surface area contributed by atoms with E-state index in [-0.39, 0.29) is 5.97 Å². The van der Waals surface area contributed by atoms with Gasteiger partial charge >= 0.3 is 5.97 Å². The van der Waals surface area contributed by atoms with E-state index in [2.05, 4.69) is 48.4 Å². The van der Waals surface area contributed by atoms with Gasteiger partial charge in [-0.3, -0.25) is 0 Å². The van der Waals surface area contributed by atoms with Crippen molar-refractivity contribution in [1.82, 2.24) is 14.8 Å². The summed E-state index contributed by atoms with van der Waals surface area (Å²) in [5.74, 6) is 1.91. The Balaban J connectivity index is 1.67. The Morgan fingerprint density at radius 3 is 2.66 bits per heavy atom. The number of allylic oxidation sites excluding steroid dienone is 1. The number of aromatic nitrogens is 3. The molecule has 184 valence electrons. The molecule has 0 saturated heterocycles. The summed E-state index contributed by atoms with van der Waals surface area (Å²) in [6.07, 6.45) is 1.78. The summed E-state index contributed by atoms with van der Waals surface area (Å²) in [7, 11) is 0. The van der Waals surface area contributed by atoms with E-state index in [1.54, 1.807) is 16.4 Å². The van der Waals surface area contributed by atoms with Gasteiger partial charge in [-0.15, -0.1) is 5.10 Å². The molecule has 2 aromatic carbocycles. The van der Waals surface area contributed by atoms with Crippen LogP contribution >= 0.6 is 11.8 Å². The van der Waals surface area contributed by atoms with E-state index >= 15 is 0 Å². The van der Waals surface area contributed by atoms with E-state index < -0.39 is 6.04 Å². The van der Waals surface area contributed by atoms with Gasteiger partial charge in [0.1, 0.15) is 18.4 Å². The van der Waals surface area contributed by atoms with Crippen molar-refractivity contribution in [2.24, 2.45) is 0 Å². The molecule has 1 N–H and O–H groups in total. The molecule has 1 aliphatic rings. The zero-order valence-electron chi connectivity index (χ0n) is 20.7. The number of esters is 1. The van der Waals surface area contributed by atoms with E-state index in [1.165, 1.54) is 5.56 Å². The van der Waals surface area contributed by atoms with Crippen LogP contribution in [0.4, 0.5) is 5.95 Å². The van der Waals surface area contributed by atoms with Crippen LogP contribution in [0, 0.1) is 6.92 Å². The third-order valence-corrected chi connectivity index (χ3v) is 6.67. The molecule has 8 heteroatoms. The standard InChI is InChI=1S/C27H32N4O3S/c1-5-14-33-25(32)23-19(4)28-26-29-27(35-15-6-2)30-31(26)24(23)21-8-7-9-22(16-21)34-17-20-12-10-18(3)11-13-20/h7-13,16,24H,5-6,14-15,17H2,1-4H3,(H,28,29,30). The highest BCUT2D eigenvalue weighted by Crippen LogP contribution is 2.37. The van der Waals surface area contributed by atoms with Gasteiger partial charge in [-0.05, 0) is 49.9 Å². The van der Waals surface area contributed by atoms with Gasteiger partial charge in [-0.25, -0.2) is 9.48 Å². The van der Waals surface area contributed by atoms with E-state index in [0.717, 1.165) is 35.5 Å². The third kappa shape index (κ3) is 5.88. The Morgan fingerprint density at radius 2 is 1.91 bits per heavy atom. The summed E-state index contributed by atoms with van der Waals surface area (Å²) in [6, 6.07) is 15.6. The average Bonchev–Trinajstić information content (AvgIpc) is 3.27. The van der Waals surface area contributed by atoms with Gasteiger partial charge in [0.2, 0.25) is 11.1 Å². The van der Waals surface area contributed by atoms with Crippen LogP contribution in [0.25, 0.3) is 0 Å². The fourth-order valence-electron chi connectivity index (χ4n) is 3.86. The monoisotopic (exact) mass is 492 g/mol. The highest BCUT2D eigenvalue weighted by Gasteiger charge is 2.35. The van der Waals surface area contributed by atoms with Crippen LogP contribution in [0.2, 0.25) is 0 Å². The molecule has 0 aliphatic carbocycles. The van der Waals surface area contributed by atoms with Crippen LogP contribution in [0.3, 0.4) is 0 Å². The first-order valence-electron chi connectivity index (χ1n) is 12.0. The number of anilines is 1. The molecule has 0 spiro atoms. The molecule has 0 saturated carbocycles. The molecule has 1 aromatic heterocycles. The maximum absolute atomic E-state index is 13.1. The van der Waals surface area contributed by atoms with Gasteiger partial charge < -0.3 is 14.8 Å². The Hall–Kier alpha value is -3.26. The van der Waals surface area contributed by atoms with Crippen molar-refractivity contribution in [2.45, 2.75) is 58.3 Å². The average molecular weight is 493 g/mol. The smallest absolute Gasteiger partial charge is 0.338 e. The van der Waals surface area contributed by atoms with E-state index in [1.807, 2.05) is 38.1 Å². The van der Waals surface area contributed by atoms with Crippen LogP contribution in [-0.4, -0.2) is 33.1 Å². The minimum absolute atomic E-state index is 0.350. The van der Waals surface area contributed by atoms with Gasteiger partial charge in [0.15, 0.2) is 0 Å². The zero-order chi connectivity index (χ0) is 24.8. The highest BCUT2D eigenvalue weighted by molar-refractivity contribution is 7.99. The molecule has 3 aromatic rings. The normalized spacial score (nSPS) is 14.9. The molecule has 35 heavy (non-hydrogen) atoms. The number of aryl methyl sites for hydroxylation is 1. The van der Waals surface area contributed by atoms with Crippen molar-refractivity contribution in [1.29, 1.82) is 0 Å². The van der Waals surface area contributed by atoms with Crippen molar-refractivity contribution in [3.05, 3.63) is 76.5 Å². The van der Waals surface area contributed by atoms with Gasteiger partial charge in [0, 0.05) is 11.4 Å². The third-order valence-electron chi connectivity index (χ3n) is 5.63. The molecule has 1 aliphatic heterocycles. The van der Waals surface area contributed by atoms with Crippen molar-refractivity contribution in [3.8, 4) is 5.75 Å². The molecule has 1 unspecified atom stereocenters. The minimum atomic E-state index is -0.470. The Morgan fingerprint density at radius 1 is 1.11 bits per heavy atom. The lowest BCUT2D eigenvalue weighted by molar-refractivity contribution is -0.139. The molecule has 0 amide bonds. The number of fused-ring (bicyclic) bond motifs is 1. The molecule has 0 fully saturated rings. The van der Waals surface area contributed by atoms with Crippen molar-refractivity contribution in [2.75, 3.05) is 17.7 Å². The lowest BCUT2D eigenvalue weighted by atomic mass is 9.95. The number of carbonyl (C=O) groups excluding carboxylic acids is 1. The number of ether oxygens (including phenoxy) is 2. The second-order valence-electron chi connectivity index (χ2n) is 8.56. The number of hydrogen-bond acceptors (Lipinski definition) is 7. The number of nitrogens with zero attached hydrogens (tertiary/aromatic N) is 3. The summed E-state index contributed by atoms with van der Waals surface area (Å²) in [5, 5.41) is 8.68. The number of thioether (sulfide) groups is 1. The fourth-order valence-corrected chi connectivity index (χ4v) is 4.54. The second kappa shape index (κ2) is 11.4. The quantitative estimate of drug-likeness (QED) is 0.278. The first kappa shape index (κ1) is 24.9. The SMILES string of the molecule is CCCOC(=O)C1=C(C)Nc2nc(SCCC)nn2C1c1cccc(OCc2ccc(C)cc2)c1. The van der Waals surface area contributed by atoms with Crippen molar-refractivity contribution in [3.63, 3.8) is 0 Å². The zero-order valence-corrected chi connectivity index (χ0v) is 21.5. The number of hydrogen-bond donors (Lipinski definition) is 1. The molecule has 2 heterocycles. The van der Waals surface area contributed by atoms with Crippen molar-refractivity contribution >= 4 is 23.7 Å². The molecule has 7 nitrogen and oxygen atoms in total. The lowest BCUT2D eigenvalue weighted by Gasteiger charge is -2.28. The Labute approximate surface area is 210 Å². The summed E-state index contributed by atoms with van der Waals surface area (Å²) in [5.41, 5.74) is 4.44. The number of nitrogens with one attached hydrogen (secondary N) is 1. The Kier molecular flexibility index (Phi) is 8.13. The van der Waals surface area contributed by atoms with Crippen LogP contribution in [0.5, 0.6) is 5.75 Å². The summed E-state index contributed by atoms with van der Waals surface area (Å²) in [6.45, 7) is 8.87. The topological polar surface area (TPSA) is 78.3 Å². The predicted molar refractivity (Wildman–Crippen MR) is 139 cm³/mol. The lowest BCUT2D eigenvalue weighted by Crippen LogP contribution is -2.29. The van der Waals surface area contributed by atoms with Gasteiger partial charge in [-0.1, -0.05) is 67.6 Å². The molecular formula is C27H32N4O3S. The summed E-state index contributed by atoms with van der Waals surface area (Å²) >= 11 is 1.60. The van der Waals surface area contributed by atoms with E-state index in [9.17, 15) is 4.79 Å². The maximum Gasteiger partial charge on any atom is 0.338 e. The number of rotatable bonds is 10. The molecule has 0 bridgehead atoms. The minimum Gasteiger partial charge on any atom is -0.489 e. The maximum atomic E-state index is 13.1. The molecule has 4 rings (SSSR count). The number of carbonyl (C=O) groups is 1. The van der Waals surface area contributed by atoms with Gasteiger partial charge in [-0.2, -0.15) is 4.98 Å². The first-order valence-corrected chi connectivity index (χ1v) is 13.0. The Bertz CT molecular complexity index is 1200. The molecule has 1 atom stereocenters. The van der Waals surface area contributed by atoms with E-state index in [0.29, 0.717) is 35.6 Å². The first-order chi connectivity index (χ1) is 17.0. The van der Waals surface area contributed by atoms with Crippen LogP contribution in [0.15, 0.2) is 65.0 Å². The van der Waals surface area contributed by atoms with Crippen molar-refractivity contribution < 1.29 is 14.3 Å². The van der Waals surface area contributed by atoms with Gasteiger partial charge in [0.25, 0.3) is 0 Å². The largest absolute Gasteiger partial charge is 0.489 e. The van der Waals surface area contributed by atoms with E-state index in [4.69, 9.17) is 14.6 Å². The summed E-state index contributed by atoms with van der Waals surface area (Å²) < 4.78 is 13.4. The molecular weight excluding hydrogens is 460 g/mol. The van der Waals surface area contributed by atoms with Crippen LogP contribution in [0.1, 0.15) is 56.3 Å². The second-order valence-corrected chi connectivity index (χ2v) is 9.62. The number of benzene rings is 2. The predicted octanol–water partition coefficient (Wildman–Crippen LogP) is 5.91. The highest BCUT2D eigenvalue weighted by atomic mass is 32.2. The summed E-state index contributed by atoms with van der Waals surface area (Å²) in [4.78, 5) is 17.8. The van der Waals surface area contributed by atoms with Crippen LogP contribution in [-0.2, 0) is 16.1 Å². The van der Waals surface area contributed by atoms with Gasteiger partial charge in [0.05, 0.1) is 12.2 Å².